The van der Waals surface area contributed by atoms with Gasteiger partial charge in [0.2, 0.25) is 17.7 Å². The Morgan fingerprint density at radius 1 is 1.15 bits per heavy atom. The van der Waals surface area contributed by atoms with Crippen LogP contribution in [0.25, 0.3) is 5.82 Å². The van der Waals surface area contributed by atoms with Gasteiger partial charge in [0.1, 0.15) is 18.7 Å². The molecule has 3 heterocycles. The van der Waals surface area contributed by atoms with E-state index in [0.29, 0.717) is 6.54 Å². The average molecular weight is 367 g/mol. The summed E-state index contributed by atoms with van der Waals surface area (Å²) in [6, 6.07) is 3.70. The van der Waals surface area contributed by atoms with Gasteiger partial charge in [-0.3, -0.25) is 23.9 Å². The molecule has 140 valence electrons. The number of aromatic nitrogens is 3. The first-order valence-corrected chi connectivity index (χ1v) is 9.18. The summed E-state index contributed by atoms with van der Waals surface area (Å²) in [4.78, 5) is 46.5. The van der Waals surface area contributed by atoms with Crippen molar-refractivity contribution in [1.82, 2.24) is 24.8 Å². The van der Waals surface area contributed by atoms with Gasteiger partial charge in [0, 0.05) is 25.1 Å². The Kier molecular flexibility index (Phi) is 4.70. The molecule has 0 radical (unpaired) electrons. The molecule has 1 aliphatic carbocycles. The molecular weight excluding hydrogens is 346 g/mol. The largest absolute Gasteiger partial charge is 0.350 e. The fourth-order valence-corrected chi connectivity index (χ4v) is 3.86. The van der Waals surface area contributed by atoms with Gasteiger partial charge in [0.05, 0.1) is 11.8 Å². The summed E-state index contributed by atoms with van der Waals surface area (Å²) < 4.78 is 1.78. The maximum absolute atomic E-state index is 12.4. The van der Waals surface area contributed by atoms with E-state index in [0.717, 1.165) is 42.0 Å². The summed E-state index contributed by atoms with van der Waals surface area (Å²) in [5.41, 5.74) is 0.833. The number of nitrogens with one attached hydrogen (secondary N) is 1. The third-order valence-corrected chi connectivity index (χ3v) is 5.30. The minimum Gasteiger partial charge on any atom is -0.350 e. The van der Waals surface area contributed by atoms with Crippen LogP contribution in [-0.4, -0.2) is 43.7 Å². The van der Waals surface area contributed by atoms with Gasteiger partial charge < -0.3 is 5.32 Å². The number of carbonyl (C=O) groups excluding carboxylic acids is 3. The highest BCUT2D eigenvalue weighted by molar-refractivity contribution is 6.07. The zero-order valence-corrected chi connectivity index (χ0v) is 14.9. The number of hydrogen-bond donors (Lipinski definition) is 1. The molecule has 0 bridgehead atoms. The normalized spacial score (nSPS) is 22.0. The standard InChI is InChI=1S/C19H21N5O3/c25-17(11-24-18(26)14-3-1-2-4-15(14)19(24)27)22-10-13-5-6-16(21-9-13)23-8-7-20-12-23/h5-9,12,14-15H,1-4,10-11H2,(H,22,25). The molecule has 8 heteroatoms. The average Bonchev–Trinajstić information content (AvgIpc) is 3.31. The van der Waals surface area contributed by atoms with Crippen molar-refractivity contribution < 1.29 is 14.4 Å². The first-order valence-electron chi connectivity index (χ1n) is 9.18. The van der Waals surface area contributed by atoms with Crippen molar-refractivity contribution in [1.29, 1.82) is 0 Å². The molecule has 2 unspecified atom stereocenters. The summed E-state index contributed by atoms with van der Waals surface area (Å²) in [6.07, 6.45) is 10.3. The van der Waals surface area contributed by atoms with Crippen molar-refractivity contribution in [2.45, 2.75) is 32.2 Å². The second-order valence-corrected chi connectivity index (χ2v) is 7.03. The van der Waals surface area contributed by atoms with Crippen molar-refractivity contribution in [2.75, 3.05) is 6.54 Å². The molecule has 2 fully saturated rings. The van der Waals surface area contributed by atoms with E-state index in [4.69, 9.17) is 0 Å². The topological polar surface area (TPSA) is 97.2 Å². The van der Waals surface area contributed by atoms with Crippen molar-refractivity contribution in [3.63, 3.8) is 0 Å². The van der Waals surface area contributed by atoms with E-state index < -0.39 is 0 Å². The van der Waals surface area contributed by atoms with Crippen molar-refractivity contribution in [3.05, 3.63) is 42.6 Å². The zero-order valence-electron chi connectivity index (χ0n) is 14.9. The first-order chi connectivity index (χ1) is 13.1. The third-order valence-electron chi connectivity index (χ3n) is 5.30. The van der Waals surface area contributed by atoms with Crippen LogP contribution in [0, 0.1) is 11.8 Å². The monoisotopic (exact) mass is 367 g/mol. The van der Waals surface area contributed by atoms with Gasteiger partial charge in [-0.05, 0) is 24.5 Å². The van der Waals surface area contributed by atoms with Gasteiger partial charge in [-0.2, -0.15) is 0 Å². The number of fused-ring (bicyclic) bond motifs is 1. The summed E-state index contributed by atoms with van der Waals surface area (Å²) in [7, 11) is 0. The zero-order chi connectivity index (χ0) is 18.8. The van der Waals surface area contributed by atoms with Crippen LogP contribution in [0.15, 0.2) is 37.1 Å². The highest BCUT2D eigenvalue weighted by Crippen LogP contribution is 2.37. The Balaban J connectivity index is 1.32. The lowest BCUT2D eigenvalue weighted by atomic mass is 9.81. The van der Waals surface area contributed by atoms with E-state index in [-0.39, 0.29) is 36.1 Å². The summed E-state index contributed by atoms with van der Waals surface area (Å²) in [5, 5.41) is 2.76. The van der Waals surface area contributed by atoms with Crippen molar-refractivity contribution in [3.8, 4) is 5.82 Å². The molecule has 2 aliphatic rings. The predicted octanol–water partition coefficient (Wildman–Crippen LogP) is 1.06. The minimum atomic E-state index is -0.339. The van der Waals surface area contributed by atoms with E-state index in [1.807, 2.05) is 12.1 Å². The summed E-state index contributed by atoms with van der Waals surface area (Å²) in [6.45, 7) is 0.0876. The number of rotatable bonds is 5. The second-order valence-electron chi connectivity index (χ2n) is 7.03. The molecule has 3 amide bonds. The Morgan fingerprint density at radius 3 is 2.48 bits per heavy atom. The summed E-state index contributed by atoms with van der Waals surface area (Å²) >= 11 is 0. The maximum atomic E-state index is 12.4. The Labute approximate surface area is 156 Å². The van der Waals surface area contributed by atoms with E-state index in [1.54, 1.807) is 29.5 Å². The van der Waals surface area contributed by atoms with Gasteiger partial charge in [0.25, 0.3) is 0 Å². The Morgan fingerprint density at radius 2 is 1.89 bits per heavy atom. The molecule has 2 aromatic rings. The smallest absolute Gasteiger partial charge is 0.240 e. The van der Waals surface area contributed by atoms with Crippen LogP contribution >= 0.6 is 0 Å². The van der Waals surface area contributed by atoms with Gasteiger partial charge >= 0.3 is 0 Å². The van der Waals surface area contributed by atoms with Crippen LogP contribution in [-0.2, 0) is 20.9 Å². The number of likely N-dealkylation sites (tertiary alicyclic amines) is 1. The van der Waals surface area contributed by atoms with Crippen LogP contribution in [0.2, 0.25) is 0 Å². The van der Waals surface area contributed by atoms with Gasteiger partial charge in [0.15, 0.2) is 0 Å². The first kappa shape index (κ1) is 17.4. The van der Waals surface area contributed by atoms with E-state index in [9.17, 15) is 14.4 Å². The molecule has 1 saturated heterocycles. The summed E-state index contributed by atoms with van der Waals surface area (Å²) in [5.74, 6) is -0.428. The fraction of sp³-hybridized carbons (Fsp3) is 0.421. The number of hydrogen-bond acceptors (Lipinski definition) is 5. The number of nitrogens with zero attached hydrogens (tertiary/aromatic N) is 4. The number of imidazole rings is 1. The molecule has 4 rings (SSSR count). The number of carbonyl (C=O) groups is 3. The molecule has 8 nitrogen and oxygen atoms in total. The molecule has 1 N–H and O–H groups in total. The highest BCUT2D eigenvalue weighted by Gasteiger charge is 2.48. The second kappa shape index (κ2) is 7.30. The van der Waals surface area contributed by atoms with E-state index >= 15 is 0 Å². The van der Waals surface area contributed by atoms with Crippen molar-refractivity contribution >= 4 is 17.7 Å². The fourth-order valence-electron chi connectivity index (χ4n) is 3.86. The van der Waals surface area contributed by atoms with Crippen LogP contribution in [0.1, 0.15) is 31.2 Å². The highest BCUT2D eigenvalue weighted by atomic mass is 16.2. The minimum absolute atomic E-state index is 0.189. The number of imide groups is 1. The van der Waals surface area contributed by atoms with Gasteiger partial charge in [-0.25, -0.2) is 9.97 Å². The van der Waals surface area contributed by atoms with E-state index in [2.05, 4.69) is 15.3 Å². The molecule has 0 aromatic carbocycles. The van der Waals surface area contributed by atoms with Crippen LogP contribution in [0.4, 0.5) is 0 Å². The Bertz CT molecular complexity index is 823. The van der Waals surface area contributed by atoms with Gasteiger partial charge in [-0.1, -0.05) is 18.9 Å². The maximum Gasteiger partial charge on any atom is 0.240 e. The van der Waals surface area contributed by atoms with E-state index in [1.165, 1.54) is 0 Å². The molecule has 0 spiro atoms. The lowest BCUT2D eigenvalue weighted by Crippen LogP contribution is -2.40. The SMILES string of the molecule is O=C(CN1C(=O)C2CCCCC2C1=O)NCc1ccc(-n2ccnc2)nc1. The number of pyridine rings is 1. The number of amides is 3. The van der Waals surface area contributed by atoms with Crippen LogP contribution in [0.5, 0.6) is 0 Å². The molecule has 1 aliphatic heterocycles. The van der Waals surface area contributed by atoms with Gasteiger partial charge in [-0.15, -0.1) is 0 Å². The Hall–Kier alpha value is -3.03. The molecule has 2 aromatic heterocycles. The molecule has 1 saturated carbocycles. The third kappa shape index (κ3) is 3.47. The van der Waals surface area contributed by atoms with Crippen molar-refractivity contribution in [2.24, 2.45) is 11.8 Å². The lowest BCUT2D eigenvalue weighted by Gasteiger charge is -2.19. The quantitative estimate of drug-likeness (QED) is 0.797. The van der Waals surface area contributed by atoms with Crippen LogP contribution < -0.4 is 5.32 Å². The molecule has 27 heavy (non-hydrogen) atoms. The molecule has 2 atom stereocenters. The van der Waals surface area contributed by atoms with Crippen LogP contribution in [0.3, 0.4) is 0 Å². The predicted molar refractivity (Wildman–Crippen MR) is 95.4 cm³/mol. The lowest BCUT2D eigenvalue weighted by molar-refractivity contribution is -0.143. The molecular formula is C19H21N5O3.